The maximum atomic E-state index is 13.9. The summed E-state index contributed by atoms with van der Waals surface area (Å²) in [7, 11) is 0. The van der Waals surface area contributed by atoms with Gasteiger partial charge in [-0.05, 0) is 67.8 Å². The molecule has 1 N–H and O–H groups in total. The molecule has 21 heavy (non-hydrogen) atoms. The van der Waals surface area contributed by atoms with E-state index in [2.05, 4.69) is 19.2 Å². The number of hydrogen-bond acceptors (Lipinski definition) is 1. The number of benzene rings is 1. The van der Waals surface area contributed by atoms with Crippen LogP contribution >= 0.6 is 0 Å². The zero-order valence-corrected chi connectivity index (χ0v) is 13.2. The highest BCUT2D eigenvalue weighted by molar-refractivity contribution is 5.19. The van der Waals surface area contributed by atoms with Crippen LogP contribution in [0, 0.1) is 23.5 Å². The van der Waals surface area contributed by atoms with Crippen molar-refractivity contribution in [2.45, 2.75) is 58.4 Å². The van der Waals surface area contributed by atoms with Crippen molar-refractivity contribution in [3.63, 3.8) is 0 Å². The van der Waals surface area contributed by atoms with Crippen molar-refractivity contribution in [1.82, 2.24) is 5.32 Å². The molecule has 1 aromatic carbocycles. The van der Waals surface area contributed by atoms with Crippen LogP contribution in [0.2, 0.25) is 0 Å². The molecule has 3 atom stereocenters. The molecule has 0 aliphatic heterocycles. The van der Waals surface area contributed by atoms with Gasteiger partial charge in [-0.3, -0.25) is 0 Å². The van der Waals surface area contributed by atoms with Crippen molar-refractivity contribution >= 4 is 0 Å². The lowest BCUT2D eigenvalue weighted by Gasteiger charge is -2.37. The fourth-order valence-electron chi connectivity index (χ4n) is 3.77. The molecule has 0 spiro atoms. The van der Waals surface area contributed by atoms with Gasteiger partial charge in [0.25, 0.3) is 0 Å². The smallest absolute Gasteiger partial charge is 0.126 e. The first kappa shape index (κ1) is 16.4. The van der Waals surface area contributed by atoms with E-state index in [0.717, 1.165) is 25.3 Å². The maximum absolute atomic E-state index is 13.9. The van der Waals surface area contributed by atoms with E-state index in [0.29, 0.717) is 23.9 Å². The van der Waals surface area contributed by atoms with E-state index < -0.39 is 0 Å². The third-order valence-electron chi connectivity index (χ3n) is 4.74. The van der Waals surface area contributed by atoms with E-state index >= 15 is 0 Å². The number of rotatable bonds is 6. The maximum Gasteiger partial charge on any atom is 0.126 e. The van der Waals surface area contributed by atoms with Crippen molar-refractivity contribution in [3.8, 4) is 0 Å². The van der Waals surface area contributed by atoms with Crippen molar-refractivity contribution in [3.05, 3.63) is 35.4 Å². The van der Waals surface area contributed by atoms with Crippen LogP contribution in [0.3, 0.4) is 0 Å². The quantitative estimate of drug-likeness (QED) is 0.802. The largest absolute Gasteiger partial charge is 0.314 e. The number of nitrogens with one attached hydrogen (secondary N) is 1. The zero-order chi connectivity index (χ0) is 15.2. The van der Waals surface area contributed by atoms with Crippen molar-refractivity contribution in [2.24, 2.45) is 11.8 Å². The van der Waals surface area contributed by atoms with Gasteiger partial charge in [-0.25, -0.2) is 8.78 Å². The van der Waals surface area contributed by atoms with Gasteiger partial charge in [-0.1, -0.05) is 26.7 Å². The summed E-state index contributed by atoms with van der Waals surface area (Å²) in [4.78, 5) is 0. The minimum Gasteiger partial charge on any atom is -0.314 e. The average molecular weight is 295 g/mol. The van der Waals surface area contributed by atoms with E-state index in [1.54, 1.807) is 0 Å². The molecule has 1 saturated carbocycles. The molecular weight excluding hydrogens is 268 g/mol. The molecule has 3 unspecified atom stereocenters. The molecule has 0 heterocycles. The summed E-state index contributed by atoms with van der Waals surface area (Å²) in [5.74, 6) is 0.537. The zero-order valence-electron chi connectivity index (χ0n) is 13.2. The molecule has 0 bridgehead atoms. The highest BCUT2D eigenvalue weighted by atomic mass is 19.1. The Bertz CT molecular complexity index is 447. The van der Waals surface area contributed by atoms with Gasteiger partial charge in [0, 0.05) is 6.04 Å². The molecule has 3 heteroatoms. The SMILES string of the molecule is CCCC1CCC(NCC)C(Cc2cc(F)ccc2F)C1. The normalized spacial score (nSPS) is 26.0. The predicted molar refractivity (Wildman–Crippen MR) is 83.3 cm³/mol. The van der Waals surface area contributed by atoms with Crippen LogP contribution in [0.1, 0.15) is 51.5 Å². The lowest BCUT2D eigenvalue weighted by atomic mass is 9.74. The Kier molecular flexibility index (Phi) is 6.16. The number of halogens is 2. The monoisotopic (exact) mass is 295 g/mol. The molecule has 2 rings (SSSR count). The van der Waals surface area contributed by atoms with Gasteiger partial charge in [-0.15, -0.1) is 0 Å². The first-order chi connectivity index (χ1) is 10.1. The van der Waals surface area contributed by atoms with Crippen LogP contribution in [-0.2, 0) is 6.42 Å². The summed E-state index contributed by atoms with van der Waals surface area (Å²) in [5.41, 5.74) is 0.528. The molecule has 1 aliphatic carbocycles. The predicted octanol–water partition coefficient (Wildman–Crippen LogP) is 4.70. The number of hydrogen-bond donors (Lipinski definition) is 1. The molecule has 0 aromatic heterocycles. The molecule has 1 nitrogen and oxygen atoms in total. The molecule has 118 valence electrons. The summed E-state index contributed by atoms with van der Waals surface area (Å²) in [6.07, 6.45) is 6.63. The van der Waals surface area contributed by atoms with E-state index in [1.165, 1.54) is 37.5 Å². The van der Waals surface area contributed by atoms with E-state index in [9.17, 15) is 8.78 Å². The van der Waals surface area contributed by atoms with Gasteiger partial charge in [0.15, 0.2) is 0 Å². The van der Waals surface area contributed by atoms with E-state index in [4.69, 9.17) is 0 Å². The van der Waals surface area contributed by atoms with Gasteiger partial charge < -0.3 is 5.32 Å². The summed E-state index contributed by atoms with van der Waals surface area (Å²) >= 11 is 0. The Hall–Kier alpha value is -0.960. The first-order valence-electron chi connectivity index (χ1n) is 8.31. The Morgan fingerprint density at radius 3 is 2.71 bits per heavy atom. The van der Waals surface area contributed by atoms with Crippen molar-refractivity contribution in [2.75, 3.05) is 6.54 Å². The fraction of sp³-hybridized carbons (Fsp3) is 0.667. The fourth-order valence-corrected chi connectivity index (χ4v) is 3.77. The second-order valence-electron chi connectivity index (χ2n) is 6.33. The Labute approximate surface area is 127 Å². The molecule has 0 amide bonds. The minimum absolute atomic E-state index is 0.274. The van der Waals surface area contributed by atoms with Crippen LogP contribution in [0.15, 0.2) is 18.2 Å². The van der Waals surface area contributed by atoms with Crippen LogP contribution in [0.25, 0.3) is 0 Å². The summed E-state index contributed by atoms with van der Waals surface area (Å²) in [6.45, 7) is 5.26. The van der Waals surface area contributed by atoms with Gasteiger partial charge in [0.2, 0.25) is 0 Å². The van der Waals surface area contributed by atoms with Crippen LogP contribution in [0.5, 0.6) is 0 Å². The summed E-state index contributed by atoms with van der Waals surface area (Å²) in [5, 5.41) is 3.54. The second kappa shape index (κ2) is 7.88. The lowest BCUT2D eigenvalue weighted by Crippen LogP contribution is -2.41. The first-order valence-corrected chi connectivity index (χ1v) is 8.31. The molecule has 1 aromatic rings. The highest BCUT2D eigenvalue weighted by Gasteiger charge is 2.30. The van der Waals surface area contributed by atoms with Gasteiger partial charge in [0.1, 0.15) is 11.6 Å². The second-order valence-corrected chi connectivity index (χ2v) is 6.33. The third kappa shape index (κ3) is 4.50. The molecular formula is C18H27F2N. The molecule has 0 radical (unpaired) electrons. The highest BCUT2D eigenvalue weighted by Crippen LogP contribution is 2.34. The Balaban J connectivity index is 2.09. The van der Waals surface area contributed by atoms with E-state index in [1.807, 2.05) is 0 Å². The lowest BCUT2D eigenvalue weighted by molar-refractivity contribution is 0.194. The standard InChI is InChI=1S/C18H27F2N/c1-3-5-13-6-9-18(21-4-2)15(10-13)11-14-12-16(19)7-8-17(14)20/h7-8,12-13,15,18,21H,3-6,9-11H2,1-2H3. The van der Waals surface area contributed by atoms with Crippen LogP contribution in [-0.4, -0.2) is 12.6 Å². The minimum atomic E-state index is -0.340. The van der Waals surface area contributed by atoms with Crippen LogP contribution < -0.4 is 5.32 Å². The van der Waals surface area contributed by atoms with Gasteiger partial charge >= 0.3 is 0 Å². The topological polar surface area (TPSA) is 12.0 Å². The van der Waals surface area contributed by atoms with Crippen molar-refractivity contribution in [1.29, 1.82) is 0 Å². The van der Waals surface area contributed by atoms with Gasteiger partial charge in [0.05, 0.1) is 0 Å². The Morgan fingerprint density at radius 1 is 1.19 bits per heavy atom. The third-order valence-corrected chi connectivity index (χ3v) is 4.74. The summed E-state index contributed by atoms with van der Waals surface area (Å²) < 4.78 is 27.3. The average Bonchev–Trinajstić information content (AvgIpc) is 2.46. The molecule has 1 fully saturated rings. The summed E-state index contributed by atoms with van der Waals surface area (Å²) in [6, 6.07) is 4.24. The van der Waals surface area contributed by atoms with Gasteiger partial charge in [-0.2, -0.15) is 0 Å². The Morgan fingerprint density at radius 2 is 2.00 bits per heavy atom. The van der Waals surface area contributed by atoms with Crippen LogP contribution in [0.4, 0.5) is 8.78 Å². The molecule has 1 aliphatic rings. The van der Waals surface area contributed by atoms with Crippen molar-refractivity contribution < 1.29 is 8.78 Å². The van der Waals surface area contributed by atoms with E-state index in [-0.39, 0.29) is 11.6 Å². The molecule has 0 saturated heterocycles.